The maximum Gasteiger partial charge on any atom is 0.221 e. The average molecular weight is 241 g/mol. The number of rotatable bonds is 4. The summed E-state index contributed by atoms with van der Waals surface area (Å²) in [6, 6.07) is 0. The lowest BCUT2D eigenvalue weighted by Crippen LogP contribution is -2.35. The molecule has 0 unspecified atom stereocenters. The smallest absolute Gasteiger partial charge is 0.221 e. The molecule has 1 aliphatic carbocycles. The third-order valence-corrected chi connectivity index (χ3v) is 3.61. The molecule has 0 bridgehead atoms. The van der Waals surface area contributed by atoms with E-state index in [9.17, 15) is 4.79 Å². The van der Waals surface area contributed by atoms with Crippen LogP contribution in [0.15, 0.2) is 0 Å². The quantitative estimate of drug-likeness (QED) is 0.694. The SMILES string of the molecule is NC(=S)CC1(CN2CCNC(=O)CC2)CC1. The minimum absolute atomic E-state index is 0.168. The molecule has 1 saturated heterocycles. The first-order chi connectivity index (χ1) is 7.60. The number of thiocarbonyl (C=S) groups is 1. The van der Waals surface area contributed by atoms with Crippen LogP contribution in [0.4, 0.5) is 0 Å². The van der Waals surface area contributed by atoms with Crippen molar-refractivity contribution in [2.24, 2.45) is 11.1 Å². The summed E-state index contributed by atoms with van der Waals surface area (Å²) in [5.41, 5.74) is 5.96. The molecule has 2 fully saturated rings. The van der Waals surface area contributed by atoms with Crippen LogP contribution in [0.25, 0.3) is 0 Å². The van der Waals surface area contributed by atoms with E-state index in [4.69, 9.17) is 18.0 Å². The second-order valence-electron chi connectivity index (χ2n) is 5.02. The van der Waals surface area contributed by atoms with Gasteiger partial charge in [0.1, 0.15) is 0 Å². The molecule has 1 amide bonds. The van der Waals surface area contributed by atoms with Gasteiger partial charge < -0.3 is 16.0 Å². The van der Waals surface area contributed by atoms with Gasteiger partial charge in [-0.1, -0.05) is 12.2 Å². The van der Waals surface area contributed by atoms with E-state index in [2.05, 4.69) is 10.2 Å². The van der Waals surface area contributed by atoms with Crippen molar-refractivity contribution in [1.82, 2.24) is 10.2 Å². The normalized spacial score (nSPS) is 24.6. The third kappa shape index (κ3) is 3.15. The van der Waals surface area contributed by atoms with Gasteiger partial charge in [0.15, 0.2) is 0 Å². The predicted octanol–water partition coefficient (Wildman–Crippen LogP) is 0.265. The molecule has 90 valence electrons. The van der Waals surface area contributed by atoms with Crippen molar-refractivity contribution in [3.05, 3.63) is 0 Å². The predicted molar refractivity (Wildman–Crippen MR) is 67.1 cm³/mol. The summed E-state index contributed by atoms with van der Waals surface area (Å²) < 4.78 is 0. The van der Waals surface area contributed by atoms with E-state index in [1.807, 2.05) is 0 Å². The number of hydrogen-bond donors (Lipinski definition) is 2. The zero-order valence-corrected chi connectivity index (χ0v) is 10.3. The van der Waals surface area contributed by atoms with Gasteiger partial charge in [0, 0.05) is 39.0 Å². The molecule has 1 aliphatic heterocycles. The van der Waals surface area contributed by atoms with Gasteiger partial charge in [-0.05, 0) is 18.3 Å². The Bertz CT molecular complexity index is 302. The Kier molecular flexibility index (Phi) is 3.44. The second kappa shape index (κ2) is 4.67. The molecule has 2 rings (SSSR count). The second-order valence-corrected chi connectivity index (χ2v) is 5.54. The number of nitrogens with two attached hydrogens (primary N) is 1. The molecule has 4 nitrogen and oxygen atoms in total. The topological polar surface area (TPSA) is 58.4 Å². The highest BCUT2D eigenvalue weighted by molar-refractivity contribution is 7.80. The first-order valence-corrected chi connectivity index (χ1v) is 6.28. The Morgan fingerprint density at radius 3 is 2.88 bits per heavy atom. The first kappa shape index (κ1) is 11.8. The van der Waals surface area contributed by atoms with Crippen molar-refractivity contribution in [2.45, 2.75) is 25.7 Å². The first-order valence-electron chi connectivity index (χ1n) is 5.87. The fourth-order valence-electron chi connectivity index (χ4n) is 2.38. The summed E-state index contributed by atoms with van der Waals surface area (Å²) in [5, 5.41) is 2.89. The monoisotopic (exact) mass is 241 g/mol. The van der Waals surface area contributed by atoms with Crippen LogP contribution in [0.1, 0.15) is 25.7 Å². The van der Waals surface area contributed by atoms with Gasteiger partial charge in [0.25, 0.3) is 0 Å². The molecule has 3 N–H and O–H groups in total. The van der Waals surface area contributed by atoms with Gasteiger partial charge in [-0.25, -0.2) is 0 Å². The van der Waals surface area contributed by atoms with Gasteiger partial charge in [-0.2, -0.15) is 0 Å². The highest BCUT2D eigenvalue weighted by atomic mass is 32.1. The molecule has 16 heavy (non-hydrogen) atoms. The van der Waals surface area contributed by atoms with E-state index in [1.54, 1.807) is 0 Å². The Morgan fingerprint density at radius 1 is 1.50 bits per heavy atom. The zero-order valence-electron chi connectivity index (χ0n) is 9.50. The molecule has 5 heteroatoms. The minimum Gasteiger partial charge on any atom is -0.393 e. The Labute approximate surface area is 102 Å². The van der Waals surface area contributed by atoms with Crippen LogP contribution in [-0.2, 0) is 4.79 Å². The van der Waals surface area contributed by atoms with E-state index in [0.717, 1.165) is 32.6 Å². The van der Waals surface area contributed by atoms with Crippen LogP contribution in [-0.4, -0.2) is 42.0 Å². The number of hydrogen-bond acceptors (Lipinski definition) is 3. The molecule has 1 saturated carbocycles. The van der Waals surface area contributed by atoms with E-state index >= 15 is 0 Å². The average Bonchev–Trinajstić information content (AvgIpc) is 2.94. The van der Waals surface area contributed by atoms with Crippen molar-refractivity contribution in [1.29, 1.82) is 0 Å². The standard InChI is InChI=1S/C11H19N3OS/c12-9(16)7-11(2-3-11)8-14-5-1-10(15)13-4-6-14/h1-8H2,(H2,12,16)(H,13,15). The number of amides is 1. The summed E-state index contributed by atoms with van der Waals surface area (Å²) >= 11 is 4.99. The molecular weight excluding hydrogens is 222 g/mol. The van der Waals surface area contributed by atoms with E-state index in [0.29, 0.717) is 16.8 Å². The molecule has 0 aromatic heterocycles. The van der Waals surface area contributed by atoms with Gasteiger partial charge in [0.2, 0.25) is 5.91 Å². The molecule has 0 aromatic carbocycles. The Balaban J connectivity index is 1.84. The van der Waals surface area contributed by atoms with Crippen LogP contribution in [0.3, 0.4) is 0 Å². The minimum atomic E-state index is 0.168. The largest absolute Gasteiger partial charge is 0.393 e. The van der Waals surface area contributed by atoms with Crippen molar-refractivity contribution in [3.63, 3.8) is 0 Å². The summed E-state index contributed by atoms with van der Waals surface area (Å²) in [7, 11) is 0. The van der Waals surface area contributed by atoms with Gasteiger partial charge in [-0.15, -0.1) is 0 Å². The fourth-order valence-corrected chi connectivity index (χ4v) is 2.69. The molecule has 2 aliphatic rings. The fraction of sp³-hybridized carbons (Fsp3) is 0.818. The van der Waals surface area contributed by atoms with E-state index < -0.39 is 0 Å². The van der Waals surface area contributed by atoms with Crippen molar-refractivity contribution in [3.8, 4) is 0 Å². The van der Waals surface area contributed by atoms with Crippen molar-refractivity contribution < 1.29 is 4.79 Å². The molecule has 0 atom stereocenters. The summed E-state index contributed by atoms with van der Waals surface area (Å²) in [6.45, 7) is 3.62. The highest BCUT2D eigenvalue weighted by Crippen LogP contribution is 2.49. The lowest BCUT2D eigenvalue weighted by Gasteiger charge is -2.25. The molecule has 0 aromatic rings. The Hall–Kier alpha value is -0.680. The number of nitrogens with zero attached hydrogens (tertiary/aromatic N) is 1. The van der Waals surface area contributed by atoms with Crippen LogP contribution >= 0.6 is 12.2 Å². The van der Waals surface area contributed by atoms with Gasteiger partial charge in [0.05, 0.1) is 4.99 Å². The van der Waals surface area contributed by atoms with Crippen LogP contribution < -0.4 is 11.1 Å². The molecular formula is C11H19N3OS. The lowest BCUT2D eigenvalue weighted by molar-refractivity contribution is -0.120. The van der Waals surface area contributed by atoms with Crippen molar-refractivity contribution in [2.75, 3.05) is 26.2 Å². The van der Waals surface area contributed by atoms with E-state index in [-0.39, 0.29) is 5.91 Å². The van der Waals surface area contributed by atoms with Crippen LogP contribution in [0.5, 0.6) is 0 Å². The third-order valence-electron chi connectivity index (χ3n) is 3.47. The summed E-state index contributed by atoms with van der Waals surface area (Å²) in [6.07, 6.45) is 3.92. The lowest BCUT2D eigenvalue weighted by atomic mass is 10.0. The van der Waals surface area contributed by atoms with Crippen LogP contribution in [0.2, 0.25) is 0 Å². The van der Waals surface area contributed by atoms with Gasteiger partial charge >= 0.3 is 0 Å². The maximum atomic E-state index is 11.2. The number of carbonyl (C=O) groups excluding carboxylic acids is 1. The molecule has 0 radical (unpaired) electrons. The van der Waals surface area contributed by atoms with Gasteiger partial charge in [-0.3, -0.25) is 4.79 Å². The zero-order chi connectivity index (χ0) is 11.6. The number of carbonyl (C=O) groups is 1. The number of nitrogens with one attached hydrogen (secondary N) is 1. The van der Waals surface area contributed by atoms with Crippen molar-refractivity contribution >= 4 is 23.1 Å². The maximum absolute atomic E-state index is 11.2. The molecule has 0 spiro atoms. The van der Waals surface area contributed by atoms with E-state index in [1.165, 1.54) is 12.8 Å². The Morgan fingerprint density at radius 2 is 2.25 bits per heavy atom. The molecule has 1 heterocycles. The summed E-state index contributed by atoms with van der Waals surface area (Å²) in [5.74, 6) is 0.168. The summed E-state index contributed by atoms with van der Waals surface area (Å²) in [4.78, 5) is 14.2. The highest BCUT2D eigenvalue weighted by Gasteiger charge is 2.44. The van der Waals surface area contributed by atoms with Crippen LogP contribution in [0, 0.1) is 5.41 Å².